The van der Waals surface area contributed by atoms with E-state index in [9.17, 15) is 0 Å². The van der Waals surface area contributed by atoms with Gasteiger partial charge in [-0.05, 0) is 40.8 Å². The smallest absolute Gasteiger partial charge is 0.162 e. The lowest BCUT2D eigenvalue weighted by molar-refractivity contribution is 0.0995. The molecule has 0 amide bonds. The van der Waals surface area contributed by atoms with Crippen LogP contribution in [0.4, 0.5) is 0 Å². The highest BCUT2D eigenvalue weighted by Crippen LogP contribution is 2.39. The van der Waals surface area contributed by atoms with Crippen LogP contribution < -0.4 is 0 Å². The molecule has 0 spiro atoms. The SMILES string of the molecule is CCCC(O[SiH2]C[SiH2]OC(CCC)(c1ccccc1)c1ccccc1)(c1ccccc1)c1ccccc1. The first-order valence-corrected chi connectivity index (χ1v) is 16.9. The van der Waals surface area contributed by atoms with Crippen molar-refractivity contribution in [2.24, 2.45) is 0 Å². The monoisotopic (exact) mass is 524 g/mol. The summed E-state index contributed by atoms with van der Waals surface area (Å²) < 4.78 is 14.0. The average molecular weight is 525 g/mol. The van der Waals surface area contributed by atoms with Gasteiger partial charge in [0.05, 0.1) is 0 Å². The van der Waals surface area contributed by atoms with Crippen LogP contribution in [0, 0.1) is 0 Å². The zero-order valence-electron chi connectivity index (χ0n) is 22.3. The summed E-state index contributed by atoms with van der Waals surface area (Å²) in [6.07, 6.45) is 4.08. The number of hydrogen-bond acceptors (Lipinski definition) is 2. The summed E-state index contributed by atoms with van der Waals surface area (Å²) in [4.78, 5) is 0. The van der Waals surface area contributed by atoms with Crippen molar-refractivity contribution in [3.05, 3.63) is 144 Å². The van der Waals surface area contributed by atoms with E-state index in [0.29, 0.717) is 0 Å². The van der Waals surface area contributed by atoms with Crippen molar-refractivity contribution in [1.82, 2.24) is 0 Å². The third kappa shape index (κ3) is 6.39. The maximum atomic E-state index is 7.02. The first kappa shape index (κ1) is 27.3. The molecule has 2 nitrogen and oxygen atoms in total. The molecule has 192 valence electrons. The van der Waals surface area contributed by atoms with Crippen LogP contribution in [-0.2, 0) is 20.1 Å². The Morgan fingerprint density at radius 1 is 0.459 bits per heavy atom. The number of hydrogen-bond donors (Lipinski definition) is 0. The highest BCUT2D eigenvalue weighted by molar-refractivity contribution is 6.48. The van der Waals surface area contributed by atoms with Crippen molar-refractivity contribution >= 4 is 19.5 Å². The van der Waals surface area contributed by atoms with Crippen molar-refractivity contribution < 1.29 is 8.85 Å². The normalized spacial score (nSPS) is 12.6. The Hall–Kier alpha value is -2.77. The molecule has 4 aromatic carbocycles. The van der Waals surface area contributed by atoms with E-state index in [2.05, 4.69) is 135 Å². The van der Waals surface area contributed by atoms with Crippen LogP contribution >= 0.6 is 0 Å². The van der Waals surface area contributed by atoms with E-state index < -0.39 is 19.5 Å². The quantitative estimate of drug-likeness (QED) is 0.130. The Morgan fingerprint density at radius 3 is 0.973 bits per heavy atom. The fourth-order valence-corrected chi connectivity index (χ4v) is 8.75. The minimum atomic E-state index is -0.807. The van der Waals surface area contributed by atoms with Gasteiger partial charge in [-0.3, -0.25) is 0 Å². The van der Waals surface area contributed by atoms with Gasteiger partial charge in [0.15, 0.2) is 19.5 Å². The Labute approximate surface area is 228 Å². The Bertz CT molecular complexity index is 994. The summed E-state index contributed by atoms with van der Waals surface area (Å²) in [6, 6.07) is 43.2. The molecule has 0 radical (unpaired) electrons. The van der Waals surface area contributed by atoms with E-state index >= 15 is 0 Å². The van der Waals surface area contributed by atoms with Gasteiger partial charge in [0, 0.05) is 0 Å². The molecule has 0 unspecified atom stereocenters. The second-order valence-electron chi connectivity index (χ2n) is 9.67. The van der Waals surface area contributed by atoms with Crippen LogP contribution in [0.15, 0.2) is 121 Å². The standard InChI is InChI=1S/C33H40O2Si2/c1-3-25-32(28-17-9-5-10-18-28,29-19-11-6-12-20-29)34-36-27-37-35-33(26-4-2,30-21-13-7-14-22-30)31-23-15-8-16-24-31/h5-24H,3-4,25-27,36-37H2,1-2H3. The fourth-order valence-electron chi connectivity index (χ4n) is 5.47. The van der Waals surface area contributed by atoms with Gasteiger partial charge in [0.25, 0.3) is 0 Å². The van der Waals surface area contributed by atoms with Gasteiger partial charge in [-0.1, -0.05) is 148 Å². The van der Waals surface area contributed by atoms with Gasteiger partial charge in [-0.25, -0.2) is 0 Å². The Morgan fingerprint density at radius 2 is 0.730 bits per heavy atom. The van der Waals surface area contributed by atoms with Gasteiger partial charge in [0.2, 0.25) is 0 Å². The Balaban J connectivity index is 1.54. The lowest BCUT2D eigenvalue weighted by atomic mass is 9.83. The van der Waals surface area contributed by atoms with Crippen LogP contribution in [0.3, 0.4) is 0 Å². The van der Waals surface area contributed by atoms with Crippen LogP contribution in [0.2, 0.25) is 5.67 Å². The minimum absolute atomic E-state index is 0.378. The molecule has 0 aliphatic rings. The van der Waals surface area contributed by atoms with E-state index in [4.69, 9.17) is 8.85 Å². The van der Waals surface area contributed by atoms with E-state index in [1.807, 2.05) is 0 Å². The third-order valence-electron chi connectivity index (χ3n) is 7.15. The molecule has 0 saturated carbocycles. The minimum Gasteiger partial charge on any atom is -0.411 e. The molecule has 0 aliphatic heterocycles. The predicted molar refractivity (Wildman–Crippen MR) is 161 cm³/mol. The number of benzene rings is 4. The second kappa shape index (κ2) is 13.7. The molecule has 0 N–H and O–H groups in total. The molecule has 0 aliphatic carbocycles. The molecular formula is C33H40O2Si2. The van der Waals surface area contributed by atoms with E-state index in [-0.39, 0.29) is 11.2 Å². The van der Waals surface area contributed by atoms with Crippen LogP contribution in [0.25, 0.3) is 0 Å². The summed E-state index contributed by atoms with van der Waals surface area (Å²) in [7, 11) is -1.61. The van der Waals surface area contributed by atoms with Crippen molar-refractivity contribution in [1.29, 1.82) is 0 Å². The summed E-state index contributed by atoms with van der Waals surface area (Å²) in [5.41, 5.74) is 5.36. The van der Waals surface area contributed by atoms with Crippen molar-refractivity contribution in [3.8, 4) is 0 Å². The molecule has 0 atom stereocenters. The number of rotatable bonds is 14. The highest BCUT2D eigenvalue weighted by atomic mass is 28.3. The largest absolute Gasteiger partial charge is 0.411 e. The van der Waals surface area contributed by atoms with Gasteiger partial charge < -0.3 is 8.85 Å². The van der Waals surface area contributed by atoms with Gasteiger partial charge in [0.1, 0.15) is 11.2 Å². The molecule has 4 rings (SSSR count). The van der Waals surface area contributed by atoms with Crippen molar-refractivity contribution in [3.63, 3.8) is 0 Å². The summed E-state index contributed by atoms with van der Waals surface area (Å²) >= 11 is 0. The summed E-state index contributed by atoms with van der Waals surface area (Å²) in [6.45, 7) is 4.50. The van der Waals surface area contributed by atoms with Gasteiger partial charge >= 0.3 is 0 Å². The molecule has 4 heteroatoms. The lowest BCUT2D eigenvalue weighted by Crippen LogP contribution is -2.35. The Kier molecular flexibility index (Phi) is 10.1. The molecule has 0 fully saturated rings. The molecule has 4 aromatic rings. The highest BCUT2D eigenvalue weighted by Gasteiger charge is 2.35. The first-order valence-electron chi connectivity index (χ1n) is 13.7. The van der Waals surface area contributed by atoms with E-state index in [1.165, 1.54) is 22.3 Å². The average Bonchev–Trinajstić information content (AvgIpc) is 2.97. The maximum Gasteiger partial charge on any atom is 0.162 e. The van der Waals surface area contributed by atoms with Crippen LogP contribution in [-0.4, -0.2) is 19.5 Å². The van der Waals surface area contributed by atoms with Crippen molar-refractivity contribution in [2.75, 3.05) is 0 Å². The molecule has 0 aromatic heterocycles. The molecule has 0 saturated heterocycles. The fraction of sp³-hybridized carbons (Fsp3) is 0.273. The molecule has 0 heterocycles. The predicted octanol–water partition coefficient (Wildman–Crippen LogP) is 7.05. The van der Waals surface area contributed by atoms with Gasteiger partial charge in [-0.15, -0.1) is 0 Å². The van der Waals surface area contributed by atoms with E-state index in [0.717, 1.165) is 31.4 Å². The zero-order chi connectivity index (χ0) is 25.8. The maximum absolute atomic E-state index is 7.02. The lowest BCUT2D eigenvalue weighted by Gasteiger charge is -2.37. The van der Waals surface area contributed by atoms with Crippen LogP contribution in [0.1, 0.15) is 61.8 Å². The van der Waals surface area contributed by atoms with Gasteiger partial charge in [-0.2, -0.15) is 0 Å². The van der Waals surface area contributed by atoms with E-state index in [1.54, 1.807) is 0 Å². The molecule has 0 bridgehead atoms. The summed E-state index contributed by atoms with van der Waals surface area (Å²) in [5, 5.41) is 0. The summed E-state index contributed by atoms with van der Waals surface area (Å²) in [5.74, 6) is 0. The van der Waals surface area contributed by atoms with Crippen LogP contribution in [0.5, 0.6) is 0 Å². The molecule has 37 heavy (non-hydrogen) atoms. The second-order valence-corrected chi connectivity index (χ2v) is 13.9. The third-order valence-corrected chi connectivity index (χ3v) is 10.9. The zero-order valence-corrected chi connectivity index (χ0v) is 25.1. The molecular weight excluding hydrogens is 485 g/mol. The first-order chi connectivity index (χ1) is 18.2. The van der Waals surface area contributed by atoms with Crippen molar-refractivity contribution in [2.45, 2.75) is 56.4 Å². The topological polar surface area (TPSA) is 18.5 Å².